The van der Waals surface area contributed by atoms with Crippen molar-refractivity contribution >= 4 is 23.3 Å². The van der Waals surface area contributed by atoms with Crippen LogP contribution in [0.3, 0.4) is 0 Å². The number of hydrogen-bond acceptors (Lipinski definition) is 7. The number of amides is 1. The van der Waals surface area contributed by atoms with Crippen LogP contribution in [0.1, 0.15) is 38.9 Å². The van der Waals surface area contributed by atoms with Crippen LogP contribution in [0.5, 0.6) is 0 Å². The minimum Gasteiger partial charge on any atom is -0.463 e. The maximum atomic E-state index is 13.0. The first kappa shape index (κ1) is 21.8. The highest BCUT2D eigenvalue weighted by Crippen LogP contribution is 2.28. The molecule has 2 aromatic rings. The van der Waals surface area contributed by atoms with Crippen molar-refractivity contribution in [1.82, 2.24) is 25.1 Å². The van der Waals surface area contributed by atoms with Gasteiger partial charge in [-0.25, -0.2) is 0 Å². The fraction of sp³-hybridized carbons (Fsp3) is 0.611. The fourth-order valence-corrected chi connectivity index (χ4v) is 3.25. The maximum absolute atomic E-state index is 13.0. The molecule has 0 saturated carbocycles. The summed E-state index contributed by atoms with van der Waals surface area (Å²) < 4.78 is 44.8. The SMILES string of the molecule is CC(C)OC(=O)CCNC(=O)C1CCN(c2ccc3nnc(C(F)(F)F)n3n2)CC1. The number of alkyl halides is 3. The fourth-order valence-electron chi connectivity index (χ4n) is 3.25. The number of piperidine rings is 1. The van der Waals surface area contributed by atoms with Crippen molar-refractivity contribution in [3.8, 4) is 0 Å². The largest absolute Gasteiger partial charge is 0.463 e. The average Bonchev–Trinajstić information content (AvgIpc) is 3.11. The number of ether oxygens (including phenoxy) is 1. The Morgan fingerprint density at radius 2 is 1.93 bits per heavy atom. The zero-order valence-electron chi connectivity index (χ0n) is 16.6. The van der Waals surface area contributed by atoms with Crippen LogP contribution in [0.2, 0.25) is 0 Å². The number of hydrogen-bond donors (Lipinski definition) is 1. The first-order chi connectivity index (χ1) is 14.1. The highest BCUT2D eigenvalue weighted by atomic mass is 19.4. The number of aromatic nitrogens is 4. The van der Waals surface area contributed by atoms with Crippen LogP contribution in [0.4, 0.5) is 19.0 Å². The number of carbonyl (C=O) groups excluding carboxylic acids is 2. The van der Waals surface area contributed by atoms with Crippen LogP contribution in [0.25, 0.3) is 5.65 Å². The molecule has 1 fully saturated rings. The standard InChI is InChI=1S/C18H23F3N6O3/c1-11(2)30-15(28)5-8-22-16(29)12-6-9-26(10-7-12)14-4-3-13-23-24-17(18(19,20)21)27(13)25-14/h3-4,11-12H,5-10H2,1-2H3,(H,22,29). The number of halogens is 3. The minimum absolute atomic E-state index is 0.0105. The van der Waals surface area contributed by atoms with Crippen LogP contribution in [0.15, 0.2) is 12.1 Å². The second-order valence-corrected chi connectivity index (χ2v) is 7.32. The number of rotatable bonds is 6. The van der Waals surface area contributed by atoms with Gasteiger partial charge in [0.25, 0.3) is 5.82 Å². The third-order valence-corrected chi connectivity index (χ3v) is 4.69. The highest BCUT2D eigenvalue weighted by Gasteiger charge is 2.38. The predicted octanol–water partition coefficient (Wildman–Crippen LogP) is 1.82. The molecule has 12 heteroatoms. The third-order valence-electron chi connectivity index (χ3n) is 4.69. The van der Waals surface area contributed by atoms with Gasteiger partial charge in [-0.3, -0.25) is 9.59 Å². The lowest BCUT2D eigenvalue weighted by Crippen LogP contribution is -2.41. The van der Waals surface area contributed by atoms with E-state index in [1.54, 1.807) is 19.9 Å². The Bertz CT molecular complexity index is 906. The van der Waals surface area contributed by atoms with Gasteiger partial charge in [-0.1, -0.05) is 0 Å². The summed E-state index contributed by atoms with van der Waals surface area (Å²) in [7, 11) is 0. The van der Waals surface area contributed by atoms with Crippen molar-refractivity contribution < 1.29 is 27.5 Å². The van der Waals surface area contributed by atoms with Crippen LogP contribution < -0.4 is 10.2 Å². The molecule has 0 atom stereocenters. The van der Waals surface area contributed by atoms with Crippen LogP contribution >= 0.6 is 0 Å². The van der Waals surface area contributed by atoms with E-state index in [0.717, 1.165) is 0 Å². The minimum atomic E-state index is -4.66. The molecule has 0 radical (unpaired) electrons. The van der Waals surface area contributed by atoms with Crippen LogP contribution in [-0.2, 0) is 20.5 Å². The molecule has 3 rings (SSSR count). The molecule has 2 aromatic heterocycles. The zero-order chi connectivity index (χ0) is 21.9. The Morgan fingerprint density at radius 3 is 2.57 bits per heavy atom. The van der Waals surface area contributed by atoms with E-state index in [1.807, 2.05) is 4.90 Å². The van der Waals surface area contributed by atoms with E-state index in [-0.39, 0.29) is 42.5 Å². The first-order valence-corrected chi connectivity index (χ1v) is 9.67. The molecule has 30 heavy (non-hydrogen) atoms. The molecule has 0 unspecified atom stereocenters. The summed E-state index contributed by atoms with van der Waals surface area (Å²) in [5, 5.41) is 13.4. The lowest BCUT2D eigenvalue weighted by Gasteiger charge is -2.32. The molecule has 164 valence electrons. The Morgan fingerprint density at radius 1 is 1.23 bits per heavy atom. The van der Waals surface area contributed by atoms with E-state index in [1.165, 1.54) is 6.07 Å². The van der Waals surface area contributed by atoms with Gasteiger partial charge >= 0.3 is 12.1 Å². The van der Waals surface area contributed by atoms with Crippen LogP contribution in [0, 0.1) is 5.92 Å². The Hall–Kier alpha value is -2.92. The summed E-state index contributed by atoms with van der Waals surface area (Å²) in [5.41, 5.74) is 0.0105. The van der Waals surface area contributed by atoms with Crippen LogP contribution in [-0.4, -0.2) is 57.4 Å². The predicted molar refractivity (Wildman–Crippen MR) is 99.6 cm³/mol. The van der Waals surface area contributed by atoms with Crippen molar-refractivity contribution in [2.45, 2.75) is 45.4 Å². The van der Waals surface area contributed by atoms with Gasteiger partial charge in [0.15, 0.2) is 5.65 Å². The summed E-state index contributed by atoms with van der Waals surface area (Å²) in [6, 6.07) is 3.02. The molecule has 0 spiro atoms. The Labute approximate surface area is 170 Å². The number of carbonyl (C=O) groups is 2. The Kier molecular flexibility index (Phi) is 6.42. The van der Waals surface area contributed by atoms with Gasteiger partial charge in [0.2, 0.25) is 5.91 Å². The van der Waals surface area contributed by atoms with Gasteiger partial charge in [-0.05, 0) is 38.8 Å². The smallest absolute Gasteiger partial charge is 0.453 e. The number of anilines is 1. The van der Waals surface area contributed by atoms with Crippen molar-refractivity contribution in [3.63, 3.8) is 0 Å². The second-order valence-electron chi connectivity index (χ2n) is 7.32. The molecule has 3 heterocycles. The number of nitrogens with zero attached hydrogens (tertiary/aromatic N) is 5. The van der Waals surface area contributed by atoms with Crippen molar-refractivity contribution in [1.29, 1.82) is 0 Å². The van der Waals surface area contributed by atoms with Gasteiger partial charge in [0, 0.05) is 25.6 Å². The second kappa shape index (κ2) is 8.84. The quantitative estimate of drug-likeness (QED) is 0.701. The van der Waals surface area contributed by atoms with Gasteiger partial charge in [0.05, 0.1) is 12.5 Å². The van der Waals surface area contributed by atoms with E-state index in [9.17, 15) is 22.8 Å². The molecule has 0 bridgehead atoms. The number of fused-ring (bicyclic) bond motifs is 1. The molecule has 1 N–H and O–H groups in total. The van der Waals surface area contributed by atoms with E-state index in [0.29, 0.717) is 36.3 Å². The third kappa shape index (κ3) is 5.16. The summed E-state index contributed by atoms with van der Waals surface area (Å²) in [4.78, 5) is 25.6. The highest BCUT2D eigenvalue weighted by molar-refractivity contribution is 5.79. The average molecular weight is 428 g/mol. The molecule has 9 nitrogen and oxygen atoms in total. The molecule has 1 amide bonds. The summed E-state index contributed by atoms with van der Waals surface area (Å²) in [6.07, 6.45) is -3.70. The van der Waals surface area contributed by atoms with Gasteiger partial charge in [-0.15, -0.1) is 15.3 Å². The summed E-state index contributed by atoms with van der Waals surface area (Å²) >= 11 is 0. The first-order valence-electron chi connectivity index (χ1n) is 9.67. The molecule has 1 aliphatic heterocycles. The van der Waals surface area contributed by atoms with Crippen molar-refractivity contribution in [3.05, 3.63) is 18.0 Å². The zero-order valence-corrected chi connectivity index (χ0v) is 16.6. The van der Waals surface area contributed by atoms with E-state index >= 15 is 0 Å². The molecule has 0 aromatic carbocycles. The normalized spacial score (nSPS) is 15.6. The maximum Gasteiger partial charge on any atom is 0.453 e. The molecule has 0 aliphatic carbocycles. The van der Waals surface area contributed by atoms with Crippen molar-refractivity contribution in [2.75, 3.05) is 24.5 Å². The Balaban J connectivity index is 1.54. The van der Waals surface area contributed by atoms with E-state index in [2.05, 4.69) is 20.6 Å². The number of esters is 1. The van der Waals surface area contributed by atoms with Gasteiger partial charge in [0.1, 0.15) is 5.82 Å². The topological polar surface area (TPSA) is 102 Å². The van der Waals surface area contributed by atoms with E-state index in [4.69, 9.17) is 4.74 Å². The monoisotopic (exact) mass is 428 g/mol. The molecular weight excluding hydrogens is 405 g/mol. The van der Waals surface area contributed by atoms with Gasteiger partial charge in [-0.2, -0.15) is 17.7 Å². The lowest BCUT2D eigenvalue weighted by molar-refractivity contribution is -0.147. The summed E-state index contributed by atoms with van der Waals surface area (Å²) in [5.74, 6) is -1.55. The molecule has 1 aliphatic rings. The van der Waals surface area contributed by atoms with Crippen molar-refractivity contribution in [2.24, 2.45) is 5.92 Å². The number of nitrogens with one attached hydrogen (secondary N) is 1. The summed E-state index contributed by atoms with van der Waals surface area (Å²) in [6.45, 7) is 4.65. The lowest BCUT2D eigenvalue weighted by atomic mass is 9.96. The van der Waals surface area contributed by atoms with E-state index < -0.39 is 12.0 Å². The van der Waals surface area contributed by atoms with Gasteiger partial charge < -0.3 is 15.0 Å². The molecular formula is C18H23F3N6O3. The molecule has 1 saturated heterocycles.